The van der Waals surface area contributed by atoms with Crippen LogP contribution < -0.4 is 6.15 Å². The third-order valence-electron chi connectivity index (χ3n) is 0. The van der Waals surface area contributed by atoms with Crippen LogP contribution >= 0.6 is 0 Å². The summed E-state index contributed by atoms with van der Waals surface area (Å²) in [5.41, 5.74) is 0. The molecule has 0 saturated carbocycles. The summed E-state index contributed by atoms with van der Waals surface area (Å²) in [6.07, 6.45) is 0. The summed E-state index contributed by atoms with van der Waals surface area (Å²) in [5, 5.41) is 0. The zero-order chi connectivity index (χ0) is 0. The van der Waals surface area contributed by atoms with Crippen molar-refractivity contribution >= 4 is 11.0 Å². The van der Waals surface area contributed by atoms with Crippen molar-refractivity contribution in [2.24, 2.45) is 0 Å². The third-order valence-corrected chi connectivity index (χ3v) is 0. The van der Waals surface area contributed by atoms with E-state index in [1.165, 1.54) is 0 Å². The Balaban J connectivity index is 0. The molecule has 0 unspecified atom stereocenters. The maximum atomic E-state index is 0. The number of hydrogen-bond acceptors (Lipinski definition) is 1. The molecular formula is H3HfNOSi+6. The van der Waals surface area contributed by atoms with E-state index in [1.807, 2.05) is 0 Å². The van der Waals surface area contributed by atoms with Gasteiger partial charge in [-0.25, -0.2) is 0 Å². The second-order valence-electron chi connectivity index (χ2n) is 0. The molecule has 0 rings (SSSR count). The van der Waals surface area contributed by atoms with Crippen LogP contribution in [0.4, 0.5) is 0 Å². The Hall–Kier alpha value is 1.01. The zero-order valence-corrected chi connectivity index (χ0v) is 6.71. The fourth-order valence-electron chi connectivity index (χ4n) is 0. The molecule has 0 aromatic heterocycles. The van der Waals surface area contributed by atoms with Gasteiger partial charge in [-0.15, -0.1) is 0 Å². The van der Waals surface area contributed by atoms with Crippen LogP contribution in [0.25, 0.3) is 0 Å². The van der Waals surface area contributed by atoms with Crippen LogP contribution in [0.2, 0.25) is 0 Å². The summed E-state index contributed by atoms with van der Waals surface area (Å²) in [4.78, 5) is 0. The Morgan fingerprint density at radius 1 is 1.00 bits per heavy atom. The summed E-state index contributed by atoms with van der Waals surface area (Å²) < 4.78 is 0. The molecule has 16 valence electrons. The quantitative estimate of drug-likeness (QED) is 0.578. The molecule has 0 saturated heterocycles. The Morgan fingerprint density at radius 2 is 1.00 bits per heavy atom. The normalized spacial score (nSPS) is 0. The van der Waals surface area contributed by atoms with Crippen LogP contribution in [-0.2, 0) is 31.3 Å². The first-order valence-electron chi connectivity index (χ1n) is 0. The van der Waals surface area contributed by atoms with E-state index in [0.717, 1.165) is 0 Å². The number of hydrogen-bond donors (Lipinski definition) is 1. The fraction of sp³-hybridized carbons (Fsp3) is 0. The van der Waals surface area contributed by atoms with Crippen molar-refractivity contribution in [3.63, 3.8) is 0 Å². The molecule has 0 aromatic carbocycles. The van der Waals surface area contributed by atoms with Gasteiger partial charge in [0.2, 0.25) is 0 Å². The molecule has 0 aliphatic rings. The van der Waals surface area contributed by atoms with E-state index in [2.05, 4.69) is 0 Å². The molecule has 0 heterocycles. The van der Waals surface area contributed by atoms with Crippen molar-refractivity contribution in [2.45, 2.75) is 0 Å². The van der Waals surface area contributed by atoms with Gasteiger partial charge in [-0.2, -0.15) is 0 Å². The van der Waals surface area contributed by atoms with Crippen LogP contribution in [0.15, 0.2) is 0 Å². The summed E-state index contributed by atoms with van der Waals surface area (Å²) in [6.45, 7) is 0. The molecule has 3 N–H and O–H groups in total. The molecule has 0 radical (unpaired) electrons. The van der Waals surface area contributed by atoms with Crippen molar-refractivity contribution in [2.75, 3.05) is 0 Å². The van der Waals surface area contributed by atoms with E-state index in [-0.39, 0.29) is 48.4 Å². The molecule has 0 aliphatic carbocycles. The fourth-order valence-corrected chi connectivity index (χ4v) is 0. The summed E-state index contributed by atoms with van der Waals surface area (Å²) >= 11 is 0. The summed E-state index contributed by atoms with van der Waals surface area (Å²) in [5.74, 6) is 0. The first-order valence-corrected chi connectivity index (χ1v) is 0. The largest absolute Gasteiger partial charge is 4.00 e. The molecule has 4 heteroatoms. The van der Waals surface area contributed by atoms with Crippen LogP contribution in [0.5, 0.6) is 0 Å². The van der Waals surface area contributed by atoms with E-state index in [9.17, 15) is 0 Å². The first kappa shape index (κ1) is 79.3. The maximum absolute atomic E-state index is 0. The van der Waals surface area contributed by atoms with Crippen molar-refractivity contribution in [1.82, 2.24) is 6.15 Å². The minimum Gasteiger partial charge on any atom is -2.00 e. The molecule has 0 amide bonds. The molecule has 0 bridgehead atoms. The minimum absolute atomic E-state index is 0. The molecule has 0 atom stereocenters. The standard InChI is InChI=1S/Hf.H3N.O.Si/h;1H3;;/q+4;;-2;+4. The van der Waals surface area contributed by atoms with Crippen molar-refractivity contribution in [3.8, 4) is 0 Å². The van der Waals surface area contributed by atoms with Gasteiger partial charge < -0.3 is 11.6 Å². The van der Waals surface area contributed by atoms with Gasteiger partial charge in [-0.05, 0) is 0 Å². The van der Waals surface area contributed by atoms with Gasteiger partial charge in [0.25, 0.3) is 0 Å². The average Bonchev–Trinajstić information content (AvgIpc) is 0. The predicted molar refractivity (Wildman–Crippen MR) is 11.5 cm³/mol. The van der Waals surface area contributed by atoms with E-state index in [1.54, 1.807) is 0 Å². The van der Waals surface area contributed by atoms with Gasteiger partial charge in [-0.1, -0.05) is 0 Å². The van der Waals surface area contributed by atoms with Crippen molar-refractivity contribution in [1.29, 1.82) is 0 Å². The second-order valence-corrected chi connectivity index (χ2v) is 0. The van der Waals surface area contributed by atoms with Crippen LogP contribution in [0, 0.1) is 0 Å². The third kappa shape index (κ3) is 11.9. The van der Waals surface area contributed by atoms with Crippen molar-refractivity contribution < 1.29 is 31.3 Å². The van der Waals surface area contributed by atoms with Gasteiger partial charge in [0.05, 0.1) is 0 Å². The summed E-state index contributed by atoms with van der Waals surface area (Å²) in [7, 11) is 0. The van der Waals surface area contributed by atoms with E-state index in [0.29, 0.717) is 0 Å². The van der Waals surface area contributed by atoms with Gasteiger partial charge in [-0.3, -0.25) is 0 Å². The minimum atomic E-state index is 0. The number of rotatable bonds is 0. The van der Waals surface area contributed by atoms with Crippen LogP contribution in [0.1, 0.15) is 0 Å². The Labute approximate surface area is 48.7 Å². The maximum Gasteiger partial charge on any atom is 4.00 e. The van der Waals surface area contributed by atoms with Crippen LogP contribution in [-0.4, -0.2) is 11.0 Å². The molecule has 0 aromatic rings. The molecular weight excluding hydrogens is 237 g/mol. The zero-order valence-electron chi connectivity index (χ0n) is 2.12. The second kappa shape index (κ2) is 35.7. The predicted octanol–water partition coefficient (Wildman–Crippen LogP) is -0.340. The molecule has 0 aliphatic heterocycles. The Kier molecular flexibility index (Phi) is 708. The van der Waals surface area contributed by atoms with Crippen LogP contribution in [0.3, 0.4) is 0 Å². The molecule has 4 heavy (non-hydrogen) atoms. The van der Waals surface area contributed by atoms with Gasteiger partial charge in [0, 0.05) is 0 Å². The smallest absolute Gasteiger partial charge is 2.00 e. The van der Waals surface area contributed by atoms with E-state index in [4.69, 9.17) is 0 Å². The molecule has 0 fully saturated rings. The van der Waals surface area contributed by atoms with Crippen molar-refractivity contribution in [3.05, 3.63) is 0 Å². The molecule has 2 nitrogen and oxygen atoms in total. The van der Waals surface area contributed by atoms with Gasteiger partial charge in [0.1, 0.15) is 0 Å². The van der Waals surface area contributed by atoms with E-state index >= 15 is 0 Å². The Bertz CT molecular complexity index is 8.00. The topological polar surface area (TPSA) is 63.5 Å². The van der Waals surface area contributed by atoms with Gasteiger partial charge >= 0.3 is 36.8 Å². The first-order chi connectivity index (χ1) is 0. The SMILES string of the molecule is N.[Hf+4].[O-2].[Si+4]. The molecule has 0 spiro atoms. The van der Waals surface area contributed by atoms with E-state index < -0.39 is 0 Å². The summed E-state index contributed by atoms with van der Waals surface area (Å²) in [6, 6.07) is 0. The monoisotopic (exact) mass is 241 g/mol. The Morgan fingerprint density at radius 3 is 1.00 bits per heavy atom. The average molecular weight is 240 g/mol. The van der Waals surface area contributed by atoms with Gasteiger partial charge in [0.15, 0.2) is 0 Å².